The lowest BCUT2D eigenvalue weighted by Crippen LogP contribution is -2.22. The van der Waals surface area contributed by atoms with Gasteiger partial charge in [0.2, 0.25) is 0 Å². The number of rotatable bonds is 4. The molecule has 0 saturated carbocycles. The maximum absolute atomic E-state index is 3.47. The average Bonchev–Trinajstić information content (AvgIpc) is 2.35. The highest BCUT2D eigenvalue weighted by molar-refractivity contribution is 5.54. The van der Waals surface area contributed by atoms with E-state index < -0.39 is 0 Å². The summed E-state index contributed by atoms with van der Waals surface area (Å²) in [7, 11) is 2.04. The van der Waals surface area contributed by atoms with Crippen LogP contribution in [0.5, 0.6) is 0 Å². The molecule has 0 amide bonds. The molecule has 0 spiro atoms. The normalized spacial score (nSPS) is 16.5. The van der Waals surface area contributed by atoms with Crippen LogP contribution in [-0.4, -0.2) is 20.1 Å². The third-order valence-corrected chi connectivity index (χ3v) is 3.72. The molecule has 1 aromatic rings. The van der Waals surface area contributed by atoms with Crippen molar-refractivity contribution in [2.45, 2.75) is 32.6 Å². The van der Waals surface area contributed by atoms with Gasteiger partial charge in [-0.1, -0.05) is 26.0 Å². The van der Waals surface area contributed by atoms with Crippen molar-refractivity contribution in [2.24, 2.45) is 5.92 Å². The van der Waals surface area contributed by atoms with Crippen LogP contribution in [-0.2, 0) is 6.42 Å². The molecular formula is C15H24N2. The van der Waals surface area contributed by atoms with E-state index in [1.54, 1.807) is 0 Å². The van der Waals surface area contributed by atoms with Gasteiger partial charge < -0.3 is 10.6 Å². The van der Waals surface area contributed by atoms with Crippen LogP contribution in [0.15, 0.2) is 18.2 Å². The van der Waals surface area contributed by atoms with Gasteiger partial charge in [-0.3, -0.25) is 0 Å². The second-order valence-corrected chi connectivity index (χ2v) is 5.36. The lowest BCUT2D eigenvalue weighted by atomic mass is 9.86. The first-order valence-electron chi connectivity index (χ1n) is 6.73. The van der Waals surface area contributed by atoms with Crippen molar-refractivity contribution in [3.63, 3.8) is 0 Å². The zero-order valence-corrected chi connectivity index (χ0v) is 11.2. The van der Waals surface area contributed by atoms with Crippen molar-refractivity contribution in [2.75, 3.05) is 25.5 Å². The van der Waals surface area contributed by atoms with E-state index in [9.17, 15) is 0 Å². The molecule has 0 fully saturated rings. The fourth-order valence-corrected chi connectivity index (χ4v) is 2.68. The van der Waals surface area contributed by atoms with Crippen LogP contribution >= 0.6 is 0 Å². The summed E-state index contributed by atoms with van der Waals surface area (Å²) >= 11 is 0. The van der Waals surface area contributed by atoms with Crippen LogP contribution in [0.1, 0.15) is 37.3 Å². The van der Waals surface area contributed by atoms with E-state index in [2.05, 4.69) is 42.7 Å². The highest BCUT2D eigenvalue weighted by Crippen LogP contribution is 2.29. The summed E-state index contributed by atoms with van der Waals surface area (Å²) in [5.41, 5.74) is 4.32. The molecule has 0 aliphatic carbocycles. The molecule has 1 atom stereocenters. The Balaban J connectivity index is 2.25. The van der Waals surface area contributed by atoms with Crippen LogP contribution in [0.2, 0.25) is 0 Å². The van der Waals surface area contributed by atoms with Crippen molar-refractivity contribution >= 4 is 5.69 Å². The van der Waals surface area contributed by atoms with Gasteiger partial charge in [0.15, 0.2) is 0 Å². The maximum Gasteiger partial charge on any atom is 0.0372 e. The van der Waals surface area contributed by atoms with Crippen LogP contribution < -0.4 is 10.6 Å². The van der Waals surface area contributed by atoms with Crippen molar-refractivity contribution in [3.05, 3.63) is 29.3 Å². The van der Waals surface area contributed by atoms with Crippen molar-refractivity contribution in [1.29, 1.82) is 0 Å². The first-order chi connectivity index (χ1) is 8.22. The first-order valence-corrected chi connectivity index (χ1v) is 6.73. The zero-order valence-electron chi connectivity index (χ0n) is 11.2. The Hall–Kier alpha value is -1.02. The van der Waals surface area contributed by atoms with E-state index in [-0.39, 0.29) is 0 Å². The standard InChI is InChI=1S/C15H24N2/c1-11(2)14(10-16-3)12-6-7-15-13(9-12)5-4-8-17-15/h6-7,9,11,14,16-17H,4-5,8,10H2,1-3H3. The Morgan fingerprint density at radius 2 is 2.18 bits per heavy atom. The number of hydrogen-bond donors (Lipinski definition) is 2. The predicted octanol–water partition coefficient (Wildman–Crippen LogP) is 3.00. The number of aryl methyl sites for hydroxylation is 1. The Morgan fingerprint density at radius 1 is 1.35 bits per heavy atom. The molecular weight excluding hydrogens is 208 g/mol. The topological polar surface area (TPSA) is 24.1 Å². The molecule has 2 nitrogen and oxygen atoms in total. The molecule has 0 bridgehead atoms. The van der Waals surface area contributed by atoms with E-state index in [0.29, 0.717) is 11.8 Å². The molecule has 17 heavy (non-hydrogen) atoms. The quantitative estimate of drug-likeness (QED) is 0.834. The third-order valence-electron chi connectivity index (χ3n) is 3.72. The average molecular weight is 232 g/mol. The summed E-state index contributed by atoms with van der Waals surface area (Å²) in [5, 5.41) is 6.79. The van der Waals surface area contributed by atoms with Crippen molar-refractivity contribution in [3.8, 4) is 0 Å². The molecule has 2 rings (SSSR count). The Morgan fingerprint density at radius 3 is 2.88 bits per heavy atom. The molecule has 0 saturated heterocycles. The van der Waals surface area contributed by atoms with E-state index in [4.69, 9.17) is 0 Å². The first kappa shape index (κ1) is 12.4. The van der Waals surface area contributed by atoms with Gasteiger partial charge in [0, 0.05) is 18.8 Å². The second kappa shape index (κ2) is 5.54. The minimum absolute atomic E-state index is 0.618. The highest BCUT2D eigenvalue weighted by Gasteiger charge is 2.17. The number of likely N-dealkylation sites (N-methyl/N-ethyl adjacent to an activating group) is 1. The fourth-order valence-electron chi connectivity index (χ4n) is 2.68. The summed E-state index contributed by atoms with van der Waals surface area (Å²) in [6.07, 6.45) is 2.48. The summed E-state index contributed by atoms with van der Waals surface area (Å²) < 4.78 is 0. The maximum atomic E-state index is 3.47. The SMILES string of the molecule is CNCC(c1ccc2c(c1)CCCN2)C(C)C. The molecule has 0 aromatic heterocycles. The molecule has 94 valence electrons. The van der Waals surface area contributed by atoms with E-state index in [1.165, 1.54) is 29.7 Å². The molecule has 1 heterocycles. The van der Waals surface area contributed by atoms with E-state index >= 15 is 0 Å². The molecule has 2 heteroatoms. The Labute approximate surface area is 105 Å². The van der Waals surface area contributed by atoms with Gasteiger partial charge in [-0.25, -0.2) is 0 Å². The monoisotopic (exact) mass is 232 g/mol. The summed E-state index contributed by atoms with van der Waals surface area (Å²) in [4.78, 5) is 0. The molecule has 2 N–H and O–H groups in total. The highest BCUT2D eigenvalue weighted by atomic mass is 14.9. The van der Waals surface area contributed by atoms with Crippen molar-refractivity contribution in [1.82, 2.24) is 5.32 Å². The number of hydrogen-bond acceptors (Lipinski definition) is 2. The van der Waals surface area contributed by atoms with Gasteiger partial charge in [-0.15, -0.1) is 0 Å². The summed E-state index contributed by atoms with van der Waals surface area (Å²) in [6, 6.07) is 6.96. The van der Waals surface area contributed by atoms with Crippen molar-refractivity contribution < 1.29 is 0 Å². The Bertz CT molecular complexity index is 371. The van der Waals surface area contributed by atoms with Gasteiger partial charge in [0.05, 0.1) is 0 Å². The number of benzene rings is 1. The van der Waals surface area contributed by atoms with Gasteiger partial charge in [0.25, 0.3) is 0 Å². The smallest absolute Gasteiger partial charge is 0.0372 e. The van der Waals surface area contributed by atoms with Gasteiger partial charge in [-0.05, 0) is 48.9 Å². The molecule has 1 aliphatic heterocycles. The third kappa shape index (κ3) is 2.81. The zero-order chi connectivity index (χ0) is 12.3. The number of anilines is 1. The number of fused-ring (bicyclic) bond motifs is 1. The number of nitrogens with one attached hydrogen (secondary N) is 2. The minimum Gasteiger partial charge on any atom is -0.385 e. The van der Waals surface area contributed by atoms with E-state index in [0.717, 1.165) is 13.1 Å². The van der Waals surface area contributed by atoms with Gasteiger partial charge >= 0.3 is 0 Å². The molecule has 1 unspecified atom stereocenters. The van der Waals surface area contributed by atoms with Gasteiger partial charge in [-0.2, -0.15) is 0 Å². The van der Waals surface area contributed by atoms with Crippen LogP contribution in [0, 0.1) is 5.92 Å². The Kier molecular flexibility index (Phi) is 4.06. The molecule has 1 aromatic carbocycles. The van der Waals surface area contributed by atoms with Crippen LogP contribution in [0.3, 0.4) is 0 Å². The molecule has 0 radical (unpaired) electrons. The molecule has 1 aliphatic rings. The minimum atomic E-state index is 0.618. The summed E-state index contributed by atoms with van der Waals surface area (Å²) in [5.74, 6) is 1.30. The van der Waals surface area contributed by atoms with Gasteiger partial charge in [0.1, 0.15) is 0 Å². The second-order valence-electron chi connectivity index (χ2n) is 5.36. The van der Waals surface area contributed by atoms with E-state index in [1.807, 2.05) is 7.05 Å². The van der Waals surface area contributed by atoms with Crippen LogP contribution in [0.25, 0.3) is 0 Å². The summed E-state index contributed by atoms with van der Waals surface area (Å²) in [6.45, 7) is 6.79. The fraction of sp³-hybridized carbons (Fsp3) is 0.600. The largest absolute Gasteiger partial charge is 0.385 e. The van der Waals surface area contributed by atoms with Crippen LogP contribution in [0.4, 0.5) is 5.69 Å². The lowest BCUT2D eigenvalue weighted by Gasteiger charge is -2.24. The predicted molar refractivity (Wildman–Crippen MR) is 74.8 cm³/mol. The lowest BCUT2D eigenvalue weighted by molar-refractivity contribution is 0.478.